The topological polar surface area (TPSA) is 120 Å². The molecule has 0 bridgehead atoms. The summed E-state index contributed by atoms with van der Waals surface area (Å²) in [6.45, 7) is 0. The molecule has 1 fully saturated rings. The molecule has 1 aromatic carbocycles. The SMILES string of the molecule is N#CCC1(n2ncc(-c3cc(-c4ccn[nH]4)cc4ncccc34)n2)CC(C#N)C1. The summed E-state index contributed by atoms with van der Waals surface area (Å²) in [6.07, 6.45) is 6.68. The van der Waals surface area contributed by atoms with Crippen molar-refractivity contribution < 1.29 is 0 Å². The molecule has 0 saturated heterocycles. The maximum Gasteiger partial charge on any atom is 0.113 e. The summed E-state index contributed by atoms with van der Waals surface area (Å²) in [4.78, 5) is 6.13. The first-order valence-corrected chi connectivity index (χ1v) is 9.31. The Bertz CT molecular complexity index is 1270. The molecule has 8 nitrogen and oxygen atoms in total. The van der Waals surface area contributed by atoms with Crippen LogP contribution in [0.5, 0.6) is 0 Å². The third-order valence-electron chi connectivity index (χ3n) is 5.57. The Morgan fingerprint density at radius 2 is 2.10 bits per heavy atom. The molecule has 0 unspecified atom stereocenters. The van der Waals surface area contributed by atoms with E-state index in [1.165, 1.54) is 0 Å². The molecule has 1 saturated carbocycles. The van der Waals surface area contributed by atoms with Crippen molar-refractivity contribution in [3.63, 3.8) is 0 Å². The van der Waals surface area contributed by atoms with E-state index in [1.54, 1.807) is 23.4 Å². The van der Waals surface area contributed by atoms with Crippen molar-refractivity contribution in [3.8, 4) is 34.7 Å². The van der Waals surface area contributed by atoms with E-state index in [0.29, 0.717) is 18.5 Å². The standard InChI is InChI=1S/C21H16N8/c22-5-4-21(10-14(11-21)12-23)29-26-13-20(28-29)17-8-15(18-3-7-25-27-18)9-19-16(17)2-1-6-24-19/h1-3,6-9,13-14H,4,10-11H2,(H,25,27). The van der Waals surface area contributed by atoms with Gasteiger partial charge in [0, 0.05) is 28.9 Å². The second-order valence-corrected chi connectivity index (χ2v) is 7.38. The van der Waals surface area contributed by atoms with Crippen molar-refractivity contribution in [2.45, 2.75) is 24.8 Å². The number of aromatic nitrogens is 6. The van der Waals surface area contributed by atoms with E-state index in [9.17, 15) is 5.26 Å². The molecule has 0 aliphatic heterocycles. The van der Waals surface area contributed by atoms with Crippen LogP contribution in [-0.4, -0.2) is 30.2 Å². The van der Waals surface area contributed by atoms with E-state index < -0.39 is 5.54 Å². The van der Waals surface area contributed by atoms with Gasteiger partial charge < -0.3 is 0 Å². The van der Waals surface area contributed by atoms with Gasteiger partial charge in [-0.3, -0.25) is 10.1 Å². The molecule has 0 amide bonds. The molecule has 1 N–H and O–H groups in total. The van der Waals surface area contributed by atoms with Gasteiger partial charge in [-0.1, -0.05) is 6.07 Å². The molecule has 0 spiro atoms. The third-order valence-corrected chi connectivity index (χ3v) is 5.57. The molecule has 1 aliphatic rings. The molecular formula is C21H16N8. The Morgan fingerprint density at radius 1 is 1.21 bits per heavy atom. The Hall–Kier alpha value is -4.04. The van der Waals surface area contributed by atoms with Gasteiger partial charge >= 0.3 is 0 Å². The molecule has 140 valence electrons. The molecule has 3 heterocycles. The smallest absolute Gasteiger partial charge is 0.113 e. The van der Waals surface area contributed by atoms with Crippen molar-refractivity contribution in [3.05, 3.63) is 48.9 Å². The lowest BCUT2D eigenvalue weighted by molar-refractivity contribution is 0.0713. The fraction of sp³-hybridized carbons (Fsp3) is 0.238. The summed E-state index contributed by atoms with van der Waals surface area (Å²) < 4.78 is 0. The van der Waals surface area contributed by atoms with E-state index >= 15 is 0 Å². The van der Waals surface area contributed by atoms with Crippen LogP contribution in [0, 0.1) is 28.6 Å². The molecule has 5 rings (SSSR count). The zero-order valence-electron chi connectivity index (χ0n) is 15.4. The number of rotatable bonds is 4. The van der Waals surface area contributed by atoms with E-state index in [4.69, 9.17) is 10.4 Å². The normalized spacial score (nSPS) is 20.7. The molecule has 8 heteroatoms. The highest BCUT2D eigenvalue weighted by molar-refractivity contribution is 5.96. The molecule has 1 aliphatic carbocycles. The predicted octanol–water partition coefficient (Wildman–Crippen LogP) is 3.43. The summed E-state index contributed by atoms with van der Waals surface area (Å²) in [5, 5.41) is 35.6. The second kappa shape index (κ2) is 6.54. The van der Waals surface area contributed by atoms with Crippen molar-refractivity contribution >= 4 is 10.9 Å². The van der Waals surface area contributed by atoms with Crippen LogP contribution < -0.4 is 0 Å². The summed E-state index contributed by atoms with van der Waals surface area (Å²) in [7, 11) is 0. The Balaban J connectivity index is 1.62. The lowest BCUT2D eigenvalue weighted by atomic mass is 9.68. The van der Waals surface area contributed by atoms with E-state index in [1.807, 2.05) is 30.3 Å². The van der Waals surface area contributed by atoms with Gasteiger partial charge in [0.25, 0.3) is 0 Å². The highest BCUT2D eigenvalue weighted by Gasteiger charge is 2.48. The van der Waals surface area contributed by atoms with Crippen LogP contribution in [0.1, 0.15) is 19.3 Å². The lowest BCUT2D eigenvalue weighted by Crippen LogP contribution is -2.47. The average molecular weight is 380 g/mol. The van der Waals surface area contributed by atoms with E-state index in [2.05, 4.69) is 32.4 Å². The van der Waals surface area contributed by atoms with Crippen LogP contribution in [0.15, 0.2) is 48.9 Å². The summed E-state index contributed by atoms with van der Waals surface area (Å²) in [6, 6.07) is 14.4. The molecule has 4 aromatic rings. The molecule has 0 radical (unpaired) electrons. The fourth-order valence-corrected chi connectivity index (χ4v) is 4.06. The first-order valence-electron chi connectivity index (χ1n) is 9.31. The van der Waals surface area contributed by atoms with E-state index in [-0.39, 0.29) is 12.3 Å². The minimum atomic E-state index is -0.498. The van der Waals surface area contributed by atoms with Crippen LogP contribution in [0.2, 0.25) is 0 Å². The van der Waals surface area contributed by atoms with Gasteiger partial charge in [-0.15, -0.1) is 0 Å². The number of fused-ring (bicyclic) bond motifs is 1. The molecular weight excluding hydrogens is 364 g/mol. The zero-order chi connectivity index (χ0) is 19.8. The van der Waals surface area contributed by atoms with Crippen LogP contribution >= 0.6 is 0 Å². The first-order chi connectivity index (χ1) is 14.2. The van der Waals surface area contributed by atoms with Crippen molar-refractivity contribution in [2.75, 3.05) is 0 Å². The summed E-state index contributed by atoms with van der Waals surface area (Å²) in [5.74, 6) is -0.0495. The van der Waals surface area contributed by atoms with Gasteiger partial charge in [0.1, 0.15) is 5.69 Å². The summed E-state index contributed by atoms with van der Waals surface area (Å²) in [5.41, 5.74) is 3.82. The van der Waals surface area contributed by atoms with Gasteiger partial charge in [-0.25, -0.2) is 0 Å². The van der Waals surface area contributed by atoms with Crippen molar-refractivity contribution in [1.29, 1.82) is 10.5 Å². The number of hydrogen-bond donors (Lipinski definition) is 1. The third kappa shape index (κ3) is 2.74. The Labute approximate surface area is 166 Å². The predicted molar refractivity (Wildman–Crippen MR) is 105 cm³/mol. The lowest BCUT2D eigenvalue weighted by Gasteiger charge is -2.42. The van der Waals surface area contributed by atoms with Crippen LogP contribution in [-0.2, 0) is 5.54 Å². The van der Waals surface area contributed by atoms with Gasteiger partial charge in [0.15, 0.2) is 0 Å². The first kappa shape index (κ1) is 17.1. The van der Waals surface area contributed by atoms with Gasteiger partial charge in [0.05, 0.1) is 47.4 Å². The zero-order valence-corrected chi connectivity index (χ0v) is 15.4. The van der Waals surface area contributed by atoms with Gasteiger partial charge in [-0.05, 0) is 37.1 Å². The maximum absolute atomic E-state index is 9.27. The average Bonchev–Trinajstić information content (AvgIpc) is 3.42. The Kier molecular flexibility index (Phi) is 3.85. The maximum atomic E-state index is 9.27. The molecule has 29 heavy (non-hydrogen) atoms. The minimum absolute atomic E-state index is 0.0495. The van der Waals surface area contributed by atoms with Gasteiger partial charge in [0.2, 0.25) is 0 Å². The van der Waals surface area contributed by atoms with Crippen LogP contribution in [0.25, 0.3) is 33.4 Å². The van der Waals surface area contributed by atoms with Crippen molar-refractivity contribution in [1.82, 2.24) is 30.2 Å². The number of H-pyrrole nitrogens is 1. The Morgan fingerprint density at radius 3 is 2.86 bits per heavy atom. The number of pyridine rings is 1. The van der Waals surface area contributed by atoms with E-state index in [0.717, 1.165) is 27.7 Å². The molecule has 3 aromatic heterocycles. The monoisotopic (exact) mass is 380 g/mol. The van der Waals surface area contributed by atoms with Crippen LogP contribution in [0.4, 0.5) is 0 Å². The number of nitrogens with one attached hydrogen (secondary N) is 1. The summed E-state index contributed by atoms with van der Waals surface area (Å²) >= 11 is 0. The largest absolute Gasteiger partial charge is 0.278 e. The highest BCUT2D eigenvalue weighted by atomic mass is 15.5. The number of aromatic amines is 1. The van der Waals surface area contributed by atoms with Crippen molar-refractivity contribution in [2.24, 2.45) is 5.92 Å². The molecule has 0 atom stereocenters. The van der Waals surface area contributed by atoms with Gasteiger partial charge in [-0.2, -0.15) is 30.6 Å². The quantitative estimate of drug-likeness (QED) is 0.579. The number of benzene rings is 1. The fourth-order valence-electron chi connectivity index (χ4n) is 4.06. The number of nitriles is 2. The van der Waals surface area contributed by atoms with Crippen LogP contribution in [0.3, 0.4) is 0 Å². The number of nitrogens with zero attached hydrogens (tertiary/aromatic N) is 7. The second-order valence-electron chi connectivity index (χ2n) is 7.38. The minimum Gasteiger partial charge on any atom is -0.278 e. The number of hydrogen-bond acceptors (Lipinski definition) is 6. The highest BCUT2D eigenvalue weighted by Crippen LogP contribution is 2.45.